The number of hydrogen-bond acceptors (Lipinski definition) is 8. The van der Waals surface area contributed by atoms with Crippen molar-refractivity contribution in [2.45, 2.75) is 0 Å². The minimum Gasteiger partial charge on any atom is -1.00 e. The van der Waals surface area contributed by atoms with Crippen molar-refractivity contribution in [1.82, 2.24) is 0 Å². The van der Waals surface area contributed by atoms with Gasteiger partial charge in [-0.2, -0.15) is 0 Å². The summed E-state index contributed by atoms with van der Waals surface area (Å²) in [6.07, 6.45) is 0. The summed E-state index contributed by atoms with van der Waals surface area (Å²) in [5, 5.41) is 0. The largest absolute Gasteiger partial charge is 2.00 e. The van der Waals surface area contributed by atoms with Crippen LogP contribution in [0, 0.1) is 0 Å². The third kappa shape index (κ3) is 38.1. The van der Waals surface area contributed by atoms with Gasteiger partial charge in [0.1, 0.15) is 0 Å². The fraction of sp³-hybridized carbons (Fsp3) is 0. The molecule has 0 aromatic carbocycles. The fourth-order valence-electron chi connectivity index (χ4n) is 0.0680. The van der Waals surface area contributed by atoms with Crippen molar-refractivity contribution in [1.29, 1.82) is 0 Å². The molecule has 0 N–H and O–H groups in total. The van der Waals surface area contributed by atoms with Gasteiger partial charge in [-0.25, -0.2) is 16.8 Å². The van der Waals surface area contributed by atoms with Gasteiger partial charge >= 0.3 is 82.2 Å². The Hall–Kier alpha value is 3.87. The molecule has 0 aromatic rings. The van der Waals surface area contributed by atoms with E-state index in [0.717, 1.165) is 0 Å². The molecular weight excluding hydrogens is 365 g/mol. The second kappa shape index (κ2) is 15.9. The number of rotatable bonds is 3. The molecule has 0 unspecified atom stereocenters. The molecule has 15 heteroatoms. The summed E-state index contributed by atoms with van der Waals surface area (Å²) in [5.74, 6) is 0. The van der Waals surface area contributed by atoms with Crippen molar-refractivity contribution < 1.29 is 110 Å². The standard InChI is InChI=1S/2ClH.Mg.2Na.H2O6S4/c;;;;;1-9(2,3)7-8-10(4,5)6/h2*1H;;;;(H,1,2,3)(H,4,5,6)/q;;+2;2*+1;/p-4. The molecule has 0 saturated heterocycles. The second-order valence-corrected chi connectivity index (χ2v) is 8.57. The molecule has 0 atom stereocenters. The van der Waals surface area contributed by atoms with Crippen LogP contribution in [0.25, 0.3) is 0 Å². The third-order valence-corrected chi connectivity index (χ3v) is 6.75. The van der Waals surface area contributed by atoms with Gasteiger partial charge in [-0.1, -0.05) is 0 Å². The van der Waals surface area contributed by atoms with E-state index >= 15 is 0 Å². The Morgan fingerprint density at radius 1 is 0.733 bits per heavy atom. The van der Waals surface area contributed by atoms with Crippen molar-refractivity contribution in [3.05, 3.63) is 0 Å². The normalized spacial score (nSPS) is 8.93. The van der Waals surface area contributed by atoms with Gasteiger partial charge in [-0.05, 0) is 0 Å². The monoisotopic (exact) mass is 364 g/mol. The van der Waals surface area contributed by atoms with E-state index in [4.69, 9.17) is 0 Å². The van der Waals surface area contributed by atoms with E-state index in [0.29, 0.717) is 0 Å². The molecule has 0 spiro atoms. The molecule has 0 radical (unpaired) electrons. The van der Waals surface area contributed by atoms with Gasteiger partial charge in [-0.15, -0.1) is 0 Å². The molecule has 0 aromatic heterocycles. The first-order chi connectivity index (χ1) is 4.21. The molecule has 15 heavy (non-hydrogen) atoms. The molecule has 0 aliphatic rings. The zero-order chi connectivity index (χ0) is 8.41. The van der Waals surface area contributed by atoms with Crippen LogP contribution in [0.3, 0.4) is 0 Å². The molecule has 0 aliphatic heterocycles. The van der Waals surface area contributed by atoms with Crippen LogP contribution in [0.15, 0.2) is 0 Å². The average molecular weight is 365 g/mol. The molecular formula is Cl2MgNa2O6S4. The van der Waals surface area contributed by atoms with Crippen LogP contribution in [0.4, 0.5) is 0 Å². The first-order valence-electron chi connectivity index (χ1n) is 1.50. The predicted molar refractivity (Wildman–Crippen MR) is 40.3 cm³/mol. The van der Waals surface area contributed by atoms with Gasteiger partial charge in [0.25, 0.3) is 0 Å². The van der Waals surface area contributed by atoms with Crippen LogP contribution in [0.5, 0.6) is 0 Å². The number of halogens is 2. The van der Waals surface area contributed by atoms with E-state index in [2.05, 4.69) is 0 Å². The van der Waals surface area contributed by atoms with Crippen molar-refractivity contribution in [3.63, 3.8) is 0 Å². The maximum absolute atomic E-state index is 9.66. The third-order valence-electron chi connectivity index (χ3n) is 0.194. The minimum absolute atomic E-state index is 0. The molecule has 0 aliphatic carbocycles. The Bertz CT molecular complexity index is 267. The molecule has 0 amide bonds. The molecule has 0 bridgehead atoms. The quantitative estimate of drug-likeness (QED) is 0.275. The molecule has 6 nitrogen and oxygen atoms in total. The summed E-state index contributed by atoms with van der Waals surface area (Å²) in [4.78, 5) is 0. The van der Waals surface area contributed by atoms with Crippen LogP contribution in [0.2, 0.25) is 0 Å². The van der Waals surface area contributed by atoms with Crippen LogP contribution >= 0.6 is 19.7 Å². The van der Waals surface area contributed by atoms with E-state index in [1.54, 1.807) is 0 Å². The van der Waals surface area contributed by atoms with Crippen LogP contribution in [-0.2, 0) is 18.3 Å². The zero-order valence-electron chi connectivity index (χ0n) is 7.55. The van der Waals surface area contributed by atoms with Crippen molar-refractivity contribution in [3.8, 4) is 0 Å². The molecule has 0 saturated carbocycles. The van der Waals surface area contributed by atoms with Crippen LogP contribution in [-0.4, -0.2) is 49.0 Å². The Balaban J connectivity index is -0.0000000405. The van der Waals surface area contributed by atoms with Gasteiger partial charge in [-0.3, -0.25) is 0 Å². The summed E-state index contributed by atoms with van der Waals surface area (Å²) < 4.78 is 58.0. The summed E-state index contributed by atoms with van der Waals surface area (Å²) in [6, 6.07) is 0. The minimum atomic E-state index is -4.71. The van der Waals surface area contributed by atoms with E-state index in [1.807, 2.05) is 0 Å². The maximum Gasteiger partial charge on any atom is 2.00 e. The molecule has 78 valence electrons. The Labute approximate surface area is 167 Å². The van der Waals surface area contributed by atoms with E-state index < -0.39 is 38.0 Å². The average Bonchev–Trinajstić information content (AvgIpc) is 1.57. The maximum atomic E-state index is 9.66. The Morgan fingerprint density at radius 3 is 0.933 bits per heavy atom. The van der Waals surface area contributed by atoms with Crippen LogP contribution in [0.1, 0.15) is 0 Å². The second-order valence-electron chi connectivity index (χ2n) is 0.953. The van der Waals surface area contributed by atoms with Gasteiger partial charge < -0.3 is 33.9 Å². The first-order valence-corrected chi connectivity index (χ1v) is 7.50. The smallest absolute Gasteiger partial charge is 1.00 e. The number of hydrogen-bond donors (Lipinski definition) is 0. The van der Waals surface area contributed by atoms with Crippen molar-refractivity contribution >= 4 is 61.0 Å². The van der Waals surface area contributed by atoms with E-state index in [-0.39, 0.29) is 107 Å². The van der Waals surface area contributed by atoms with Crippen molar-refractivity contribution in [2.75, 3.05) is 0 Å². The van der Waals surface area contributed by atoms with Gasteiger partial charge in [0, 0.05) is 19.7 Å². The Morgan fingerprint density at radius 2 is 0.867 bits per heavy atom. The first kappa shape index (κ1) is 36.4. The summed E-state index contributed by atoms with van der Waals surface area (Å²) >= 11 is 0. The summed E-state index contributed by atoms with van der Waals surface area (Å²) in [6.45, 7) is 0. The van der Waals surface area contributed by atoms with Crippen molar-refractivity contribution in [2.24, 2.45) is 0 Å². The molecule has 0 rings (SSSR count). The van der Waals surface area contributed by atoms with Crippen LogP contribution < -0.4 is 83.9 Å². The van der Waals surface area contributed by atoms with E-state index in [9.17, 15) is 25.9 Å². The van der Waals surface area contributed by atoms with Gasteiger partial charge in [0.15, 0.2) is 18.3 Å². The predicted octanol–water partition coefficient (Wildman–Crippen LogP) is -13.1. The molecule has 0 fully saturated rings. The summed E-state index contributed by atoms with van der Waals surface area (Å²) in [5.41, 5.74) is 0. The Kier molecular flexibility index (Phi) is 38.6. The topological polar surface area (TPSA) is 114 Å². The van der Waals surface area contributed by atoms with E-state index in [1.165, 1.54) is 0 Å². The molecule has 0 heterocycles. The SMILES string of the molecule is O=S(=O)([O-])SSS(=O)(=O)[O-].[Cl-].[Cl-].[Mg+2].[Na+].[Na+]. The van der Waals surface area contributed by atoms with Gasteiger partial charge in [0.05, 0.1) is 0 Å². The zero-order valence-corrected chi connectivity index (χ0v) is 17.7. The fourth-order valence-corrected chi connectivity index (χ4v) is 5.51. The van der Waals surface area contributed by atoms with Gasteiger partial charge in [0.2, 0.25) is 0 Å². The summed E-state index contributed by atoms with van der Waals surface area (Å²) in [7, 11) is -10.5.